The Bertz CT molecular complexity index is 200. The Labute approximate surface area is 71.3 Å². The zero-order chi connectivity index (χ0) is 8.16. The summed E-state index contributed by atoms with van der Waals surface area (Å²) in [4.78, 5) is 0. The quantitative estimate of drug-likeness (QED) is 0.487. The maximum absolute atomic E-state index is 5.15. The summed E-state index contributed by atoms with van der Waals surface area (Å²) in [6, 6.07) is 0. The first-order chi connectivity index (χ1) is 5.27. The molecule has 0 radical (unpaired) electrons. The van der Waals surface area contributed by atoms with Gasteiger partial charge in [-0.2, -0.15) is 0 Å². The predicted molar refractivity (Wildman–Crippen MR) is 45.6 cm³/mol. The van der Waals surface area contributed by atoms with Crippen molar-refractivity contribution in [3.8, 4) is 12.3 Å². The van der Waals surface area contributed by atoms with Crippen molar-refractivity contribution in [1.82, 2.24) is 0 Å². The molecule has 0 aromatic carbocycles. The second-order valence-electron chi connectivity index (χ2n) is 1.94. The topological polar surface area (TPSA) is 27.7 Å². The molecule has 1 rings (SSSR count). The van der Waals surface area contributed by atoms with Gasteiger partial charge in [0.25, 0.3) is 0 Å². The molecule has 0 saturated carbocycles. The molecule has 0 bridgehead atoms. The first-order valence-corrected chi connectivity index (χ1v) is 5.79. The van der Waals surface area contributed by atoms with Gasteiger partial charge in [-0.3, -0.25) is 4.52 Å². The monoisotopic (exact) mass is 192 g/mol. The highest BCUT2D eigenvalue weighted by molar-refractivity contribution is 8.07. The molecule has 3 nitrogen and oxygen atoms in total. The van der Waals surface area contributed by atoms with Crippen molar-refractivity contribution in [2.45, 2.75) is 6.42 Å². The van der Waals surface area contributed by atoms with E-state index in [1.165, 1.54) is 0 Å². The zero-order valence-electron chi connectivity index (χ0n) is 5.99. The van der Waals surface area contributed by atoms with Crippen molar-refractivity contribution in [2.75, 3.05) is 19.8 Å². The highest BCUT2D eigenvalue weighted by atomic mass is 32.5. The van der Waals surface area contributed by atoms with Crippen LogP contribution < -0.4 is 0 Å². The van der Waals surface area contributed by atoms with Crippen molar-refractivity contribution >= 4 is 18.5 Å². The Hall–Kier alpha value is 0.0900. The minimum absolute atomic E-state index is 0.164. The molecule has 62 valence electrons. The van der Waals surface area contributed by atoms with Crippen LogP contribution in [0.4, 0.5) is 0 Å². The lowest BCUT2D eigenvalue weighted by Crippen LogP contribution is -2.09. The van der Waals surface area contributed by atoms with Gasteiger partial charge in [-0.15, -0.1) is 6.42 Å². The Morgan fingerprint density at radius 3 is 2.73 bits per heavy atom. The van der Waals surface area contributed by atoms with Crippen LogP contribution in [-0.4, -0.2) is 19.8 Å². The Morgan fingerprint density at radius 2 is 2.18 bits per heavy atom. The molecular weight excluding hydrogens is 183 g/mol. The molecule has 0 N–H and O–H groups in total. The smallest absolute Gasteiger partial charge is 0.309 e. The van der Waals surface area contributed by atoms with Gasteiger partial charge in [0.2, 0.25) is 0 Å². The van der Waals surface area contributed by atoms with Crippen LogP contribution in [0.5, 0.6) is 0 Å². The molecule has 0 atom stereocenters. The van der Waals surface area contributed by atoms with Gasteiger partial charge in [0.15, 0.2) is 0 Å². The first kappa shape index (κ1) is 9.18. The molecule has 5 heteroatoms. The third-order valence-electron chi connectivity index (χ3n) is 1.09. The van der Waals surface area contributed by atoms with Gasteiger partial charge in [0.05, 0.1) is 13.2 Å². The summed E-state index contributed by atoms with van der Waals surface area (Å²) in [6.07, 6.45) is 5.86. The molecule has 0 amide bonds. The molecule has 0 spiro atoms. The summed E-state index contributed by atoms with van der Waals surface area (Å²) in [5, 5.41) is 0. The number of hydrogen-bond donors (Lipinski definition) is 0. The molecule has 1 heterocycles. The standard InChI is InChI=1S/C6H9O3PS/c1-2-4-7-10(11)8-5-3-6-9-10/h1H,3-6H2. The summed E-state index contributed by atoms with van der Waals surface area (Å²) in [7, 11) is 0. The fourth-order valence-corrected chi connectivity index (χ4v) is 2.41. The van der Waals surface area contributed by atoms with E-state index in [1.807, 2.05) is 0 Å². The van der Waals surface area contributed by atoms with Gasteiger partial charge >= 0.3 is 6.72 Å². The third kappa shape index (κ3) is 2.90. The van der Waals surface area contributed by atoms with E-state index >= 15 is 0 Å². The van der Waals surface area contributed by atoms with E-state index in [2.05, 4.69) is 5.92 Å². The second kappa shape index (κ2) is 4.20. The largest absolute Gasteiger partial charge is 0.328 e. The molecule has 0 aromatic rings. The lowest BCUT2D eigenvalue weighted by Gasteiger charge is -2.24. The third-order valence-corrected chi connectivity index (χ3v) is 3.49. The second-order valence-corrected chi connectivity index (χ2v) is 4.96. The van der Waals surface area contributed by atoms with Crippen LogP contribution in [0.15, 0.2) is 0 Å². The fraction of sp³-hybridized carbons (Fsp3) is 0.667. The Morgan fingerprint density at radius 1 is 1.55 bits per heavy atom. The summed E-state index contributed by atoms with van der Waals surface area (Å²) < 4.78 is 15.4. The SMILES string of the molecule is C#CCOP1(=S)OCCCO1. The number of terminal acetylenes is 1. The van der Waals surface area contributed by atoms with Crippen LogP contribution in [0, 0.1) is 12.3 Å². The van der Waals surface area contributed by atoms with Crippen molar-refractivity contribution in [3.63, 3.8) is 0 Å². The molecule has 1 fully saturated rings. The molecule has 0 aliphatic carbocycles. The first-order valence-electron chi connectivity index (χ1n) is 3.24. The Kier molecular flexibility index (Phi) is 3.50. The van der Waals surface area contributed by atoms with Crippen molar-refractivity contribution in [3.05, 3.63) is 0 Å². The van der Waals surface area contributed by atoms with E-state index in [1.54, 1.807) is 0 Å². The molecule has 11 heavy (non-hydrogen) atoms. The molecule has 1 aliphatic rings. The number of hydrogen-bond acceptors (Lipinski definition) is 4. The highest BCUT2D eigenvalue weighted by Crippen LogP contribution is 2.51. The summed E-state index contributed by atoms with van der Waals surface area (Å²) in [5.74, 6) is 2.32. The lowest BCUT2D eigenvalue weighted by atomic mass is 10.5. The van der Waals surface area contributed by atoms with Crippen LogP contribution in [0.25, 0.3) is 0 Å². The van der Waals surface area contributed by atoms with E-state index in [9.17, 15) is 0 Å². The summed E-state index contributed by atoms with van der Waals surface area (Å²) in [5.41, 5.74) is 0. The van der Waals surface area contributed by atoms with Crippen LogP contribution in [0.1, 0.15) is 6.42 Å². The van der Waals surface area contributed by atoms with Gasteiger partial charge in [-0.1, -0.05) is 5.92 Å². The van der Waals surface area contributed by atoms with Crippen molar-refractivity contribution in [2.24, 2.45) is 0 Å². The van der Waals surface area contributed by atoms with E-state index in [4.69, 9.17) is 31.8 Å². The summed E-state index contributed by atoms with van der Waals surface area (Å²) >= 11 is 4.97. The Balaban J connectivity index is 2.39. The van der Waals surface area contributed by atoms with Crippen LogP contribution in [0.3, 0.4) is 0 Å². The van der Waals surface area contributed by atoms with E-state index < -0.39 is 6.72 Å². The maximum Gasteiger partial charge on any atom is 0.328 e. The van der Waals surface area contributed by atoms with E-state index in [-0.39, 0.29) is 6.61 Å². The maximum atomic E-state index is 5.15. The average molecular weight is 192 g/mol. The van der Waals surface area contributed by atoms with E-state index in [0.29, 0.717) is 13.2 Å². The van der Waals surface area contributed by atoms with Gasteiger partial charge in [-0.25, -0.2) is 0 Å². The number of rotatable bonds is 2. The van der Waals surface area contributed by atoms with Gasteiger partial charge in [0.1, 0.15) is 6.61 Å². The molecular formula is C6H9O3PS. The fourth-order valence-electron chi connectivity index (χ4n) is 0.640. The van der Waals surface area contributed by atoms with Gasteiger partial charge in [-0.05, 0) is 18.2 Å². The highest BCUT2D eigenvalue weighted by Gasteiger charge is 2.23. The van der Waals surface area contributed by atoms with E-state index in [0.717, 1.165) is 6.42 Å². The minimum atomic E-state index is -2.44. The van der Waals surface area contributed by atoms with Gasteiger partial charge < -0.3 is 9.05 Å². The normalized spacial score (nSPS) is 22.5. The molecule has 0 unspecified atom stereocenters. The van der Waals surface area contributed by atoms with Crippen LogP contribution >= 0.6 is 6.72 Å². The predicted octanol–water partition coefficient (Wildman–Crippen LogP) is 1.30. The molecule has 1 saturated heterocycles. The van der Waals surface area contributed by atoms with Crippen LogP contribution in [0.2, 0.25) is 0 Å². The van der Waals surface area contributed by atoms with Crippen molar-refractivity contribution in [1.29, 1.82) is 0 Å². The van der Waals surface area contributed by atoms with Gasteiger partial charge in [0, 0.05) is 0 Å². The molecule has 1 aliphatic heterocycles. The summed E-state index contributed by atoms with van der Waals surface area (Å²) in [6.45, 7) is -1.05. The average Bonchev–Trinajstić information content (AvgIpc) is 2.03. The lowest BCUT2D eigenvalue weighted by molar-refractivity contribution is 0.120. The zero-order valence-corrected chi connectivity index (χ0v) is 7.70. The molecule has 0 aromatic heterocycles. The van der Waals surface area contributed by atoms with Crippen molar-refractivity contribution < 1.29 is 13.6 Å². The minimum Gasteiger partial charge on any atom is -0.309 e. The van der Waals surface area contributed by atoms with Crippen LogP contribution in [-0.2, 0) is 25.4 Å².